The Balaban J connectivity index is 1.63. The Kier molecular flexibility index (Phi) is 5.42. The number of hydrogen-bond acceptors (Lipinski definition) is 4. The zero-order chi connectivity index (χ0) is 21.3. The number of nitrogens with zero attached hydrogens (tertiary/aromatic N) is 3. The van der Waals surface area contributed by atoms with Crippen LogP contribution in [0.5, 0.6) is 11.5 Å². The SMILES string of the molecule is Cc1nc2c(cnn2C(C)C)cc1C(=O)Nc1ccccc1Oc1ccccc1Cl. The summed E-state index contributed by atoms with van der Waals surface area (Å²) in [6, 6.07) is 16.4. The summed E-state index contributed by atoms with van der Waals surface area (Å²) in [5.74, 6) is 0.744. The maximum Gasteiger partial charge on any atom is 0.257 e. The summed E-state index contributed by atoms with van der Waals surface area (Å²) >= 11 is 6.20. The van der Waals surface area contributed by atoms with Crippen molar-refractivity contribution in [3.8, 4) is 11.5 Å². The summed E-state index contributed by atoms with van der Waals surface area (Å²) < 4.78 is 7.78. The van der Waals surface area contributed by atoms with Crippen LogP contribution in [-0.4, -0.2) is 20.7 Å². The van der Waals surface area contributed by atoms with E-state index in [4.69, 9.17) is 16.3 Å². The van der Waals surface area contributed by atoms with Gasteiger partial charge in [0.25, 0.3) is 5.91 Å². The number of benzene rings is 2. The summed E-state index contributed by atoms with van der Waals surface area (Å²) in [5, 5.41) is 8.62. The average Bonchev–Trinajstić information content (AvgIpc) is 3.13. The van der Waals surface area contributed by atoms with Crippen LogP contribution in [0.4, 0.5) is 5.69 Å². The third-order valence-electron chi connectivity index (χ3n) is 4.69. The number of para-hydroxylation sites is 3. The molecule has 0 bridgehead atoms. The molecule has 0 spiro atoms. The molecule has 6 nitrogen and oxygen atoms in total. The van der Waals surface area contributed by atoms with Gasteiger partial charge in [-0.1, -0.05) is 35.9 Å². The Hall–Kier alpha value is -3.38. The Morgan fingerprint density at radius 2 is 1.80 bits per heavy atom. The Morgan fingerprint density at radius 1 is 1.10 bits per heavy atom. The van der Waals surface area contributed by atoms with Gasteiger partial charge in [-0.2, -0.15) is 5.10 Å². The van der Waals surface area contributed by atoms with E-state index in [1.807, 2.05) is 55.8 Å². The van der Waals surface area contributed by atoms with Crippen LogP contribution in [0.25, 0.3) is 11.0 Å². The van der Waals surface area contributed by atoms with Crippen LogP contribution in [0.1, 0.15) is 35.9 Å². The molecule has 2 aromatic carbocycles. The highest BCUT2D eigenvalue weighted by atomic mass is 35.5. The van der Waals surface area contributed by atoms with E-state index in [1.165, 1.54) is 0 Å². The van der Waals surface area contributed by atoms with Crippen molar-refractivity contribution in [1.29, 1.82) is 0 Å². The molecule has 0 fully saturated rings. The number of aryl methyl sites for hydroxylation is 1. The minimum Gasteiger partial charge on any atom is -0.454 e. The van der Waals surface area contributed by atoms with Gasteiger partial charge in [-0.25, -0.2) is 9.67 Å². The van der Waals surface area contributed by atoms with Gasteiger partial charge in [-0.3, -0.25) is 4.79 Å². The van der Waals surface area contributed by atoms with E-state index in [2.05, 4.69) is 15.4 Å². The summed E-state index contributed by atoms with van der Waals surface area (Å²) in [5.41, 5.74) is 2.42. The van der Waals surface area contributed by atoms with Crippen molar-refractivity contribution in [3.05, 3.63) is 77.1 Å². The molecule has 0 aliphatic rings. The zero-order valence-electron chi connectivity index (χ0n) is 16.9. The van der Waals surface area contributed by atoms with Crippen LogP contribution in [-0.2, 0) is 0 Å². The molecule has 2 aromatic heterocycles. The quantitative estimate of drug-likeness (QED) is 0.428. The van der Waals surface area contributed by atoms with Gasteiger partial charge in [0.2, 0.25) is 0 Å². The van der Waals surface area contributed by atoms with Gasteiger partial charge in [-0.15, -0.1) is 0 Å². The lowest BCUT2D eigenvalue weighted by Crippen LogP contribution is -2.15. The van der Waals surface area contributed by atoms with Crippen molar-refractivity contribution in [2.45, 2.75) is 26.8 Å². The smallest absolute Gasteiger partial charge is 0.257 e. The highest BCUT2D eigenvalue weighted by Crippen LogP contribution is 2.33. The largest absolute Gasteiger partial charge is 0.454 e. The molecule has 0 aliphatic carbocycles. The Bertz CT molecular complexity index is 1230. The minimum absolute atomic E-state index is 0.183. The number of amides is 1. The van der Waals surface area contributed by atoms with E-state index in [1.54, 1.807) is 30.5 Å². The molecule has 2 heterocycles. The molecule has 1 amide bonds. The molecule has 4 rings (SSSR count). The number of carbonyl (C=O) groups excluding carboxylic acids is 1. The standard InChI is InChI=1S/C23H21ClN4O2/c1-14(2)28-22-16(13-25-28)12-17(15(3)26-22)23(29)27-19-9-5-7-11-21(19)30-20-10-6-4-8-18(20)24/h4-14H,1-3H3,(H,27,29). The first kappa shape index (κ1) is 19.9. The van der Waals surface area contributed by atoms with Crippen molar-refractivity contribution in [2.75, 3.05) is 5.32 Å². The summed E-state index contributed by atoms with van der Waals surface area (Å²) in [6.07, 6.45) is 1.73. The lowest BCUT2D eigenvalue weighted by atomic mass is 10.1. The number of rotatable bonds is 5. The molecule has 30 heavy (non-hydrogen) atoms. The Morgan fingerprint density at radius 3 is 2.53 bits per heavy atom. The van der Waals surface area contributed by atoms with Crippen molar-refractivity contribution < 1.29 is 9.53 Å². The summed E-state index contributed by atoms with van der Waals surface area (Å²) in [4.78, 5) is 17.6. The molecule has 0 radical (unpaired) electrons. The average molecular weight is 421 g/mol. The maximum absolute atomic E-state index is 13.0. The monoisotopic (exact) mass is 420 g/mol. The maximum atomic E-state index is 13.0. The van der Waals surface area contributed by atoms with Crippen LogP contribution in [0.2, 0.25) is 5.02 Å². The second kappa shape index (κ2) is 8.16. The normalized spacial score (nSPS) is 11.1. The number of hydrogen-bond donors (Lipinski definition) is 1. The van der Waals surface area contributed by atoms with E-state index in [0.717, 1.165) is 11.0 Å². The first-order valence-corrected chi connectivity index (χ1v) is 9.99. The van der Waals surface area contributed by atoms with Gasteiger partial charge < -0.3 is 10.1 Å². The van der Waals surface area contributed by atoms with E-state index >= 15 is 0 Å². The molecule has 0 saturated carbocycles. The number of aromatic nitrogens is 3. The fourth-order valence-electron chi connectivity index (χ4n) is 3.17. The minimum atomic E-state index is -0.269. The molecule has 0 saturated heterocycles. The second-order valence-corrected chi connectivity index (χ2v) is 7.61. The number of carbonyl (C=O) groups is 1. The van der Waals surface area contributed by atoms with E-state index < -0.39 is 0 Å². The predicted molar refractivity (Wildman–Crippen MR) is 119 cm³/mol. The number of nitrogens with one attached hydrogen (secondary N) is 1. The lowest BCUT2D eigenvalue weighted by Gasteiger charge is -2.14. The van der Waals surface area contributed by atoms with Crippen LogP contribution in [0.3, 0.4) is 0 Å². The predicted octanol–water partition coefficient (Wildman–Crippen LogP) is 6.02. The van der Waals surface area contributed by atoms with Crippen molar-refractivity contribution in [3.63, 3.8) is 0 Å². The van der Waals surface area contributed by atoms with E-state index in [-0.39, 0.29) is 11.9 Å². The number of ether oxygens (including phenoxy) is 1. The second-order valence-electron chi connectivity index (χ2n) is 7.20. The number of anilines is 1. The fraction of sp³-hybridized carbons (Fsp3) is 0.174. The third kappa shape index (κ3) is 3.86. The highest BCUT2D eigenvalue weighted by Gasteiger charge is 2.17. The molecule has 4 aromatic rings. The molecule has 0 unspecified atom stereocenters. The first-order chi connectivity index (χ1) is 14.4. The van der Waals surface area contributed by atoms with E-state index in [0.29, 0.717) is 33.5 Å². The van der Waals surface area contributed by atoms with Gasteiger partial charge in [0, 0.05) is 11.4 Å². The van der Waals surface area contributed by atoms with Gasteiger partial charge in [-0.05, 0) is 51.1 Å². The fourth-order valence-corrected chi connectivity index (χ4v) is 3.34. The van der Waals surface area contributed by atoms with Gasteiger partial charge in [0.15, 0.2) is 11.4 Å². The van der Waals surface area contributed by atoms with Crippen LogP contribution in [0, 0.1) is 6.92 Å². The number of fused-ring (bicyclic) bond motifs is 1. The zero-order valence-corrected chi connectivity index (χ0v) is 17.6. The van der Waals surface area contributed by atoms with E-state index in [9.17, 15) is 4.79 Å². The Labute approximate surface area is 179 Å². The third-order valence-corrected chi connectivity index (χ3v) is 5.00. The molecular weight excluding hydrogens is 400 g/mol. The van der Waals surface area contributed by atoms with Gasteiger partial charge >= 0.3 is 0 Å². The van der Waals surface area contributed by atoms with Gasteiger partial charge in [0.1, 0.15) is 5.75 Å². The molecule has 152 valence electrons. The molecule has 0 aliphatic heterocycles. The number of halogens is 1. The number of pyridine rings is 1. The summed E-state index contributed by atoms with van der Waals surface area (Å²) in [7, 11) is 0. The van der Waals surface area contributed by atoms with Crippen LogP contribution >= 0.6 is 11.6 Å². The topological polar surface area (TPSA) is 69.0 Å². The first-order valence-electron chi connectivity index (χ1n) is 9.61. The molecule has 7 heteroatoms. The van der Waals surface area contributed by atoms with Crippen LogP contribution < -0.4 is 10.1 Å². The molecular formula is C23H21ClN4O2. The molecule has 1 N–H and O–H groups in total. The highest BCUT2D eigenvalue weighted by molar-refractivity contribution is 6.32. The van der Waals surface area contributed by atoms with Crippen molar-refractivity contribution in [1.82, 2.24) is 14.8 Å². The summed E-state index contributed by atoms with van der Waals surface area (Å²) in [6.45, 7) is 5.90. The molecule has 0 atom stereocenters. The van der Waals surface area contributed by atoms with Crippen molar-refractivity contribution >= 4 is 34.2 Å². The van der Waals surface area contributed by atoms with Gasteiger partial charge in [0.05, 0.1) is 28.2 Å². The van der Waals surface area contributed by atoms with Crippen molar-refractivity contribution in [2.24, 2.45) is 0 Å². The van der Waals surface area contributed by atoms with Crippen LogP contribution in [0.15, 0.2) is 60.8 Å². The lowest BCUT2D eigenvalue weighted by molar-refractivity contribution is 0.102.